The van der Waals surface area contributed by atoms with E-state index in [0.29, 0.717) is 21.5 Å². The van der Waals surface area contributed by atoms with Gasteiger partial charge in [0, 0.05) is 11.6 Å². The highest BCUT2D eigenvalue weighted by atomic mass is 19.4. The van der Waals surface area contributed by atoms with Gasteiger partial charge in [-0.05, 0) is 17.7 Å². The zero-order valence-corrected chi connectivity index (χ0v) is 13.5. The van der Waals surface area contributed by atoms with Gasteiger partial charge in [-0.15, -0.1) is 0 Å². The van der Waals surface area contributed by atoms with Gasteiger partial charge in [-0.3, -0.25) is 4.98 Å². The SMILES string of the molecule is OC1(C(F)(F)F)CC(c2ccccc2)=NN1c1cccc2cccnc12. The molecule has 0 radical (unpaired) electrons. The molecule has 4 nitrogen and oxygen atoms in total. The van der Waals surface area contributed by atoms with E-state index in [0.717, 1.165) is 0 Å². The monoisotopic (exact) mass is 357 g/mol. The first kappa shape index (κ1) is 16.5. The van der Waals surface area contributed by atoms with Gasteiger partial charge in [-0.25, -0.2) is 5.01 Å². The molecule has 0 fully saturated rings. The molecule has 1 atom stereocenters. The highest BCUT2D eigenvalue weighted by Crippen LogP contribution is 2.45. The lowest BCUT2D eigenvalue weighted by molar-refractivity contribution is -0.254. The number of halogens is 3. The first-order valence-electron chi connectivity index (χ1n) is 7.96. The van der Waals surface area contributed by atoms with Gasteiger partial charge in [0.2, 0.25) is 0 Å². The third-order valence-electron chi connectivity index (χ3n) is 4.39. The summed E-state index contributed by atoms with van der Waals surface area (Å²) >= 11 is 0. The van der Waals surface area contributed by atoms with E-state index in [2.05, 4.69) is 10.1 Å². The summed E-state index contributed by atoms with van der Waals surface area (Å²) in [5.41, 5.74) is -1.99. The van der Waals surface area contributed by atoms with Crippen molar-refractivity contribution in [2.75, 3.05) is 5.01 Å². The predicted molar refractivity (Wildman–Crippen MR) is 92.8 cm³/mol. The zero-order valence-electron chi connectivity index (χ0n) is 13.5. The highest BCUT2D eigenvalue weighted by Gasteiger charge is 2.62. The number of benzene rings is 2. The van der Waals surface area contributed by atoms with Crippen LogP contribution in [0.25, 0.3) is 10.9 Å². The lowest BCUT2D eigenvalue weighted by Crippen LogP contribution is -2.55. The van der Waals surface area contributed by atoms with Crippen molar-refractivity contribution in [3.8, 4) is 0 Å². The van der Waals surface area contributed by atoms with Gasteiger partial charge in [-0.2, -0.15) is 18.3 Å². The summed E-state index contributed by atoms with van der Waals surface area (Å²) in [4.78, 5) is 4.18. The number of anilines is 1. The normalized spacial score (nSPS) is 20.5. The van der Waals surface area contributed by atoms with Crippen LogP contribution in [0.4, 0.5) is 18.9 Å². The van der Waals surface area contributed by atoms with Crippen LogP contribution < -0.4 is 5.01 Å². The predicted octanol–water partition coefficient (Wildman–Crippen LogP) is 4.10. The number of hydrogen-bond acceptors (Lipinski definition) is 4. The molecule has 3 aromatic rings. The largest absolute Gasteiger partial charge is 0.438 e. The van der Waals surface area contributed by atoms with Crippen molar-refractivity contribution in [3.05, 3.63) is 72.4 Å². The van der Waals surface area contributed by atoms with E-state index in [1.165, 1.54) is 12.3 Å². The van der Waals surface area contributed by atoms with Crippen LogP contribution in [0.2, 0.25) is 0 Å². The van der Waals surface area contributed by atoms with Crippen molar-refractivity contribution in [1.82, 2.24) is 4.98 Å². The second-order valence-corrected chi connectivity index (χ2v) is 6.07. The summed E-state index contributed by atoms with van der Waals surface area (Å²) < 4.78 is 41.4. The molecule has 0 amide bonds. The summed E-state index contributed by atoms with van der Waals surface area (Å²) in [6.07, 6.45) is -4.07. The molecule has 1 N–H and O–H groups in total. The molecule has 26 heavy (non-hydrogen) atoms. The fourth-order valence-electron chi connectivity index (χ4n) is 3.07. The van der Waals surface area contributed by atoms with Crippen molar-refractivity contribution < 1.29 is 18.3 Å². The number of fused-ring (bicyclic) bond motifs is 1. The van der Waals surface area contributed by atoms with E-state index in [1.54, 1.807) is 54.6 Å². The first-order chi connectivity index (χ1) is 12.4. The Kier molecular flexibility index (Phi) is 3.69. The number of alkyl halides is 3. The molecule has 2 aromatic carbocycles. The molecule has 7 heteroatoms. The van der Waals surface area contributed by atoms with Crippen LogP contribution in [0, 0.1) is 0 Å². The molecule has 0 spiro atoms. The Balaban J connectivity index is 1.91. The van der Waals surface area contributed by atoms with E-state index >= 15 is 0 Å². The van der Waals surface area contributed by atoms with Crippen molar-refractivity contribution in [2.24, 2.45) is 5.10 Å². The number of aliphatic hydroxyl groups is 1. The second-order valence-electron chi connectivity index (χ2n) is 6.07. The first-order valence-corrected chi connectivity index (χ1v) is 7.96. The Bertz CT molecular complexity index is 983. The summed E-state index contributed by atoms with van der Waals surface area (Å²) in [5.74, 6) is 0. The van der Waals surface area contributed by atoms with Crippen molar-refractivity contribution in [2.45, 2.75) is 18.3 Å². The Labute approximate surface area is 147 Å². The minimum Gasteiger partial charge on any atom is -0.362 e. The van der Waals surface area contributed by atoms with E-state index in [1.807, 2.05) is 0 Å². The molecule has 1 unspecified atom stereocenters. The molecular formula is C19H14F3N3O. The molecule has 0 saturated heterocycles. The van der Waals surface area contributed by atoms with Gasteiger partial charge in [0.1, 0.15) is 0 Å². The molecule has 1 aromatic heterocycles. The Hall–Kier alpha value is -2.93. The number of nitrogens with zero attached hydrogens (tertiary/aromatic N) is 3. The zero-order chi connectivity index (χ0) is 18.4. The molecule has 0 aliphatic carbocycles. The van der Waals surface area contributed by atoms with Gasteiger partial charge < -0.3 is 5.11 Å². The summed E-state index contributed by atoms with van der Waals surface area (Å²) in [5, 5.41) is 16.0. The van der Waals surface area contributed by atoms with Crippen molar-refractivity contribution in [1.29, 1.82) is 0 Å². The van der Waals surface area contributed by atoms with Crippen LogP contribution in [0.5, 0.6) is 0 Å². The van der Waals surface area contributed by atoms with Gasteiger partial charge in [0.05, 0.1) is 23.3 Å². The molecule has 1 aliphatic heterocycles. The topological polar surface area (TPSA) is 48.7 Å². The number of aromatic nitrogens is 1. The summed E-state index contributed by atoms with van der Waals surface area (Å²) in [6.45, 7) is 0. The van der Waals surface area contributed by atoms with Gasteiger partial charge in [-0.1, -0.05) is 48.5 Å². The minimum atomic E-state index is -4.90. The average Bonchev–Trinajstić information content (AvgIpc) is 3.01. The van der Waals surface area contributed by atoms with Gasteiger partial charge >= 0.3 is 6.18 Å². The lowest BCUT2D eigenvalue weighted by atomic mass is 10.0. The van der Waals surface area contributed by atoms with Crippen LogP contribution in [0.3, 0.4) is 0 Å². The maximum absolute atomic E-state index is 13.8. The minimum absolute atomic E-state index is 0.105. The van der Waals surface area contributed by atoms with E-state index in [-0.39, 0.29) is 11.4 Å². The van der Waals surface area contributed by atoms with Crippen molar-refractivity contribution >= 4 is 22.3 Å². The summed E-state index contributed by atoms with van der Waals surface area (Å²) in [6, 6.07) is 16.8. The number of rotatable bonds is 2. The number of para-hydroxylation sites is 1. The van der Waals surface area contributed by atoms with Crippen molar-refractivity contribution in [3.63, 3.8) is 0 Å². The van der Waals surface area contributed by atoms with Crippen LogP contribution in [0.15, 0.2) is 72.0 Å². The number of hydrogen-bond donors (Lipinski definition) is 1. The molecule has 0 bridgehead atoms. The molecular weight excluding hydrogens is 343 g/mol. The smallest absolute Gasteiger partial charge is 0.362 e. The Morgan fingerprint density at radius 1 is 0.962 bits per heavy atom. The molecule has 2 heterocycles. The summed E-state index contributed by atoms with van der Waals surface area (Å²) in [7, 11) is 0. The van der Waals surface area contributed by atoms with E-state index in [4.69, 9.17) is 0 Å². The number of hydrazone groups is 1. The van der Waals surface area contributed by atoms with Crippen LogP contribution in [0.1, 0.15) is 12.0 Å². The van der Waals surface area contributed by atoms with E-state index < -0.39 is 18.3 Å². The van der Waals surface area contributed by atoms with Gasteiger partial charge in [0.15, 0.2) is 0 Å². The average molecular weight is 357 g/mol. The fourth-order valence-corrected chi connectivity index (χ4v) is 3.07. The molecule has 132 valence electrons. The Morgan fingerprint density at radius 2 is 1.69 bits per heavy atom. The second kappa shape index (κ2) is 5.81. The van der Waals surface area contributed by atoms with Gasteiger partial charge in [0.25, 0.3) is 5.72 Å². The number of pyridine rings is 1. The van der Waals surface area contributed by atoms with Crippen LogP contribution in [-0.2, 0) is 0 Å². The highest BCUT2D eigenvalue weighted by molar-refractivity contribution is 6.04. The molecule has 0 saturated carbocycles. The van der Waals surface area contributed by atoms with E-state index in [9.17, 15) is 18.3 Å². The maximum atomic E-state index is 13.8. The Morgan fingerprint density at radius 3 is 2.42 bits per heavy atom. The van der Waals surface area contributed by atoms with Crippen LogP contribution in [-0.4, -0.2) is 27.7 Å². The molecule has 1 aliphatic rings. The standard InChI is InChI=1S/C19H14F3N3O/c20-19(21,22)18(26)12-15(13-6-2-1-3-7-13)24-25(18)16-10-4-8-14-9-5-11-23-17(14)16/h1-11,26H,12H2. The lowest BCUT2D eigenvalue weighted by Gasteiger charge is -2.34. The maximum Gasteiger partial charge on any atom is 0.438 e. The third-order valence-corrected chi connectivity index (χ3v) is 4.39. The third kappa shape index (κ3) is 2.52. The fraction of sp³-hybridized carbons (Fsp3) is 0.158. The quantitative estimate of drug-likeness (QED) is 0.751. The molecule has 4 rings (SSSR count). The van der Waals surface area contributed by atoms with Crippen LogP contribution >= 0.6 is 0 Å².